The number of carbonyl (C=O) groups excluding carboxylic acids is 1. The van der Waals surface area contributed by atoms with Gasteiger partial charge in [0, 0.05) is 56.0 Å². The third-order valence-electron chi connectivity index (χ3n) is 5.32. The smallest absolute Gasteiger partial charge is 0.409 e. The van der Waals surface area contributed by atoms with Gasteiger partial charge in [0.25, 0.3) is 0 Å². The number of hydrogen-bond donors (Lipinski definition) is 1. The summed E-state index contributed by atoms with van der Waals surface area (Å²) in [7, 11) is 0. The van der Waals surface area contributed by atoms with Gasteiger partial charge in [-0.15, -0.1) is 0 Å². The molecule has 29 heavy (non-hydrogen) atoms. The fourth-order valence-electron chi connectivity index (χ4n) is 3.70. The second-order valence-electron chi connectivity index (χ2n) is 7.28. The molecule has 0 aliphatic carbocycles. The largest absolute Gasteiger partial charge is 0.450 e. The van der Waals surface area contributed by atoms with E-state index in [0.29, 0.717) is 32.2 Å². The van der Waals surface area contributed by atoms with Crippen molar-refractivity contribution in [2.75, 3.05) is 25.0 Å². The molecule has 8 nitrogen and oxygen atoms in total. The fourth-order valence-corrected chi connectivity index (χ4v) is 3.70. The number of hydrogen-bond acceptors (Lipinski definition) is 6. The van der Waals surface area contributed by atoms with Crippen LogP contribution in [0.1, 0.15) is 42.6 Å². The van der Waals surface area contributed by atoms with E-state index in [4.69, 9.17) is 9.72 Å². The molecule has 8 heteroatoms. The molecule has 1 amide bonds. The topological polar surface area (TPSA) is 84.7 Å². The van der Waals surface area contributed by atoms with Gasteiger partial charge in [-0.25, -0.2) is 14.8 Å². The van der Waals surface area contributed by atoms with Crippen LogP contribution in [0, 0.1) is 6.92 Å². The number of piperidine rings is 1. The lowest BCUT2D eigenvalue weighted by molar-refractivity contribution is 0.0968. The van der Waals surface area contributed by atoms with Crippen molar-refractivity contribution in [2.24, 2.45) is 0 Å². The van der Waals surface area contributed by atoms with E-state index in [1.807, 2.05) is 38.4 Å². The number of fused-ring (bicyclic) bond motifs is 1. The van der Waals surface area contributed by atoms with Crippen molar-refractivity contribution < 1.29 is 9.53 Å². The molecular weight excluding hydrogens is 368 g/mol. The van der Waals surface area contributed by atoms with Crippen LogP contribution in [0.3, 0.4) is 0 Å². The van der Waals surface area contributed by atoms with E-state index < -0.39 is 0 Å². The highest BCUT2D eigenvalue weighted by molar-refractivity contribution is 5.67. The second kappa shape index (κ2) is 8.46. The minimum atomic E-state index is -0.223. The quantitative estimate of drug-likeness (QED) is 0.714. The number of amides is 1. The lowest BCUT2D eigenvalue weighted by Crippen LogP contribution is -2.38. The average molecular weight is 394 g/mol. The van der Waals surface area contributed by atoms with Crippen LogP contribution in [0.25, 0.3) is 5.65 Å². The molecule has 0 aromatic carbocycles. The van der Waals surface area contributed by atoms with Crippen LogP contribution < -0.4 is 5.32 Å². The van der Waals surface area contributed by atoms with E-state index >= 15 is 0 Å². The molecule has 4 rings (SSSR count). The zero-order valence-corrected chi connectivity index (χ0v) is 16.8. The Morgan fingerprint density at radius 3 is 2.86 bits per heavy atom. The van der Waals surface area contributed by atoms with Crippen molar-refractivity contribution in [3.8, 4) is 0 Å². The minimum Gasteiger partial charge on any atom is -0.450 e. The number of rotatable bonds is 5. The molecule has 0 saturated carbocycles. The number of carbonyl (C=O) groups is 1. The number of pyridine rings is 1. The molecule has 3 aromatic rings. The number of nitrogens with one attached hydrogen (secondary N) is 1. The van der Waals surface area contributed by atoms with Crippen LogP contribution >= 0.6 is 0 Å². The zero-order chi connectivity index (χ0) is 20.2. The Balaban J connectivity index is 1.54. The first-order chi connectivity index (χ1) is 14.2. The Bertz CT molecular complexity index is 980. The zero-order valence-electron chi connectivity index (χ0n) is 16.8. The van der Waals surface area contributed by atoms with Gasteiger partial charge in [0.05, 0.1) is 12.3 Å². The van der Waals surface area contributed by atoms with Gasteiger partial charge in [0.15, 0.2) is 11.5 Å². The maximum Gasteiger partial charge on any atom is 0.409 e. The molecule has 1 aliphatic rings. The summed E-state index contributed by atoms with van der Waals surface area (Å²) in [5.41, 5.74) is 4.00. The molecule has 3 aromatic heterocycles. The monoisotopic (exact) mass is 394 g/mol. The van der Waals surface area contributed by atoms with Gasteiger partial charge in [0.1, 0.15) is 0 Å². The fraction of sp³-hybridized carbons (Fsp3) is 0.429. The highest BCUT2D eigenvalue weighted by Crippen LogP contribution is 2.29. The Hall–Kier alpha value is -3.16. The predicted molar refractivity (Wildman–Crippen MR) is 110 cm³/mol. The number of imidazole rings is 1. The molecule has 4 heterocycles. The number of aryl methyl sites for hydroxylation is 1. The van der Waals surface area contributed by atoms with Crippen molar-refractivity contribution in [3.05, 3.63) is 53.9 Å². The Labute approximate surface area is 169 Å². The van der Waals surface area contributed by atoms with Crippen LogP contribution in [0.15, 0.2) is 36.9 Å². The van der Waals surface area contributed by atoms with Crippen molar-refractivity contribution in [1.29, 1.82) is 0 Å². The van der Waals surface area contributed by atoms with Crippen molar-refractivity contribution in [2.45, 2.75) is 39.2 Å². The van der Waals surface area contributed by atoms with Gasteiger partial charge in [-0.05, 0) is 38.3 Å². The molecule has 1 saturated heterocycles. The maximum atomic E-state index is 12.0. The Morgan fingerprint density at radius 1 is 1.31 bits per heavy atom. The van der Waals surface area contributed by atoms with Crippen LogP contribution in [-0.2, 0) is 11.3 Å². The number of anilines is 1. The lowest BCUT2D eigenvalue weighted by atomic mass is 9.94. The molecule has 0 radical (unpaired) electrons. The minimum absolute atomic E-state index is 0.223. The van der Waals surface area contributed by atoms with Crippen LogP contribution in [-0.4, -0.2) is 50.0 Å². The van der Waals surface area contributed by atoms with Gasteiger partial charge in [-0.2, -0.15) is 0 Å². The van der Waals surface area contributed by atoms with E-state index in [2.05, 4.69) is 25.9 Å². The summed E-state index contributed by atoms with van der Waals surface area (Å²) < 4.78 is 7.21. The molecular formula is C21H26N6O2. The SMILES string of the molecule is CCOC(=O)N1CCC(c2cn3c(C)cnc3c(NCc3cccnc3)n2)CC1. The van der Waals surface area contributed by atoms with Crippen molar-refractivity contribution >= 4 is 17.6 Å². The van der Waals surface area contributed by atoms with E-state index in [0.717, 1.165) is 41.3 Å². The third kappa shape index (κ3) is 4.16. The Kier molecular flexibility index (Phi) is 5.59. The third-order valence-corrected chi connectivity index (χ3v) is 5.32. The van der Waals surface area contributed by atoms with Gasteiger partial charge in [-0.1, -0.05) is 6.07 Å². The van der Waals surface area contributed by atoms with E-state index in [1.54, 1.807) is 11.1 Å². The highest BCUT2D eigenvalue weighted by atomic mass is 16.6. The molecule has 1 fully saturated rings. The summed E-state index contributed by atoms with van der Waals surface area (Å²) >= 11 is 0. The molecule has 152 valence electrons. The first-order valence-corrected chi connectivity index (χ1v) is 10.0. The van der Waals surface area contributed by atoms with Gasteiger partial charge < -0.3 is 15.0 Å². The predicted octanol–water partition coefficient (Wildman–Crippen LogP) is 3.38. The normalized spacial score (nSPS) is 14.9. The van der Waals surface area contributed by atoms with Gasteiger partial charge in [0.2, 0.25) is 0 Å². The highest BCUT2D eigenvalue weighted by Gasteiger charge is 2.26. The van der Waals surface area contributed by atoms with Crippen LogP contribution in [0.4, 0.5) is 10.6 Å². The number of nitrogens with zero attached hydrogens (tertiary/aromatic N) is 5. The summed E-state index contributed by atoms with van der Waals surface area (Å²) in [6.45, 7) is 6.28. The number of ether oxygens (including phenoxy) is 1. The van der Waals surface area contributed by atoms with Crippen LogP contribution in [0.2, 0.25) is 0 Å². The molecule has 0 unspecified atom stereocenters. The maximum absolute atomic E-state index is 12.0. The number of aromatic nitrogens is 4. The van der Waals surface area contributed by atoms with Crippen molar-refractivity contribution in [3.63, 3.8) is 0 Å². The summed E-state index contributed by atoms with van der Waals surface area (Å²) in [5, 5.41) is 3.42. The standard InChI is InChI=1S/C21H26N6O2/c1-3-29-21(28)26-9-6-17(7-10-26)18-14-27-15(2)11-24-20(27)19(25-18)23-13-16-5-4-8-22-12-16/h4-5,8,11-12,14,17H,3,6-7,9-10,13H2,1-2H3,(H,23,25). The lowest BCUT2D eigenvalue weighted by Gasteiger charge is -2.31. The summed E-state index contributed by atoms with van der Waals surface area (Å²) in [6, 6.07) is 3.95. The molecule has 0 bridgehead atoms. The van der Waals surface area contributed by atoms with Gasteiger partial charge in [-0.3, -0.25) is 9.38 Å². The first kappa shape index (κ1) is 19.2. The molecule has 1 N–H and O–H groups in total. The van der Waals surface area contributed by atoms with E-state index in [1.165, 1.54) is 0 Å². The summed E-state index contributed by atoms with van der Waals surface area (Å²) in [6.07, 6.45) is 9.06. The summed E-state index contributed by atoms with van der Waals surface area (Å²) in [5.74, 6) is 1.07. The number of likely N-dealkylation sites (tertiary alicyclic amines) is 1. The van der Waals surface area contributed by atoms with Gasteiger partial charge >= 0.3 is 6.09 Å². The van der Waals surface area contributed by atoms with E-state index in [9.17, 15) is 4.79 Å². The summed E-state index contributed by atoms with van der Waals surface area (Å²) in [4.78, 5) is 27.3. The molecule has 0 atom stereocenters. The van der Waals surface area contributed by atoms with E-state index in [-0.39, 0.29) is 6.09 Å². The average Bonchev–Trinajstić information content (AvgIpc) is 3.14. The van der Waals surface area contributed by atoms with Crippen LogP contribution in [0.5, 0.6) is 0 Å². The van der Waals surface area contributed by atoms with Crippen molar-refractivity contribution in [1.82, 2.24) is 24.3 Å². The first-order valence-electron chi connectivity index (χ1n) is 10.0. The Morgan fingerprint density at radius 2 is 2.14 bits per heavy atom. The molecule has 0 spiro atoms. The molecule has 1 aliphatic heterocycles. The second-order valence-corrected chi connectivity index (χ2v) is 7.28.